The number of nitrogens with zero attached hydrogens (tertiary/aromatic N) is 2. The van der Waals surface area contributed by atoms with Crippen molar-refractivity contribution in [3.63, 3.8) is 0 Å². The van der Waals surface area contributed by atoms with Crippen molar-refractivity contribution in [1.29, 1.82) is 0 Å². The van der Waals surface area contributed by atoms with Crippen LogP contribution in [0.1, 0.15) is 0 Å². The van der Waals surface area contributed by atoms with Crippen LogP contribution in [0.4, 0.5) is 11.5 Å². The maximum absolute atomic E-state index is 11.1. The number of hydrogen-bond acceptors (Lipinski definition) is 6. The fraction of sp³-hybridized carbons (Fsp3) is 0.222. The molecule has 1 rings (SSSR count). The number of nitrogens with one attached hydrogen (secondary N) is 2. The predicted octanol–water partition coefficient (Wildman–Crippen LogP) is -0.397. The first-order chi connectivity index (χ1) is 8.49. The first-order valence-electron chi connectivity index (χ1n) is 4.82. The summed E-state index contributed by atoms with van der Waals surface area (Å²) in [7, 11) is 0. The SMILES string of the molecule is O=C(O)CNC(=O)CNc1ccc([N+](=O)[O-])nc1. The Morgan fingerprint density at radius 2 is 2.11 bits per heavy atom. The average molecular weight is 254 g/mol. The van der Waals surface area contributed by atoms with Gasteiger partial charge in [-0.25, -0.2) is 0 Å². The highest BCUT2D eigenvalue weighted by atomic mass is 16.6. The molecule has 0 saturated heterocycles. The zero-order chi connectivity index (χ0) is 13.5. The first-order valence-corrected chi connectivity index (χ1v) is 4.82. The van der Waals surface area contributed by atoms with E-state index in [1.807, 2.05) is 0 Å². The molecule has 0 spiro atoms. The number of hydrogen-bond donors (Lipinski definition) is 3. The predicted molar refractivity (Wildman–Crippen MR) is 60.0 cm³/mol. The summed E-state index contributed by atoms with van der Waals surface area (Å²) in [5.74, 6) is -1.94. The molecule has 0 saturated carbocycles. The monoisotopic (exact) mass is 254 g/mol. The third-order valence-electron chi connectivity index (χ3n) is 1.82. The molecule has 9 nitrogen and oxygen atoms in total. The molecule has 0 aliphatic rings. The van der Waals surface area contributed by atoms with Crippen molar-refractivity contribution in [1.82, 2.24) is 10.3 Å². The van der Waals surface area contributed by atoms with Crippen LogP contribution in [-0.2, 0) is 9.59 Å². The number of carbonyl (C=O) groups is 2. The number of aliphatic carboxylic acids is 1. The van der Waals surface area contributed by atoms with Gasteiger partial charge in [-0.15, -0.1) is 0 Å². The van der Waals surface area contributed by atoms with Gasteiger partial charge in [-0.2, -0.15) is 0 Å². The molecule has 1 aromatic heterocycles. The Balaban J connectivity index is 2.41. The molecular weight excluding hydrogens is 244 g/mol. The van der Waals surface area contributed by atoms with E-state index < -0.39 is 23.3 Å². The van der Waals surface area contributed by atoms with E-state index in [1.54, 1.807) is 0 Å². The Hall–Kier alpha value is -2.71. The third-order valence-corrected chi connectivity index (χ3v) is 1.82. The second-order valence-electron chi connectivity index (χ2n) is 3.19. The number of aromatic nitrogens is 1. The van der Waals surface area contributed by atoms with Crippen LogP contribution >= 0.6 is 0 Å². The molecule has 9 heteroatoms. The van der Waals surface area contributed by atoms with Gasteiger partial charge in [0.2, 0.25) is 5.91 Å². The van der Waals surface area contributed by atoms with Crippen molar-refractivity contribution in [2.24, 2.45) is 0 Å². The van der Waals surface area contributed by atoms with Gasteiger partial charge in [-0.3, -0.25) is 9.59 Å². The molecule has 0 radical (unpaired) electrons. The van der Waals surface area contributed by atoms with E-state index in [9.17, 15) is 19.7 Å². The minimum absolute atomic E-state index is 0.146. The number of anilines is 1. The second kappa shape index (κ2) is 6.13. The number of rotatable bonds is 6. The topological polar surface area (TPSA) is 134 Å². The van der Waals surface area contributed by atoms with E-state index >= 15 is 0 Å². The lowest BCUT2D eigenvalue weighted by atomic mass is 10.4. The lowest BCUT2D eigenvalue weighted by molar-refractivity contribution is -0.389. The number of nitro groups is 1. The van der Waals surface area contributed by atoms with Gasteiger partial charge < -0.3 is 25.9 Å². The van der Waals surface area contributed by atoms with Crippen LogP contribution in [0.5, 0.6) is 0 Å². The van der Waals surface area contributed by atoms with Gasteiger partial charge in [-0.1, -0.05) is 0 Å². The smallest absolute Gasteiger partial charge is 0.363 e. The maximum Gasteiger partial charge on any atom is 0.363 e. The Bertz CT molecular complexity index is 459. The zero-order valence-electron chi connectivity index (χ0n) is 9.12. The number of pyridine rings is 1. The average Bonchev–Trinajstić information content (AvgIpc) is 2.34. The molecule has 96 valence electrons. The number of carboxylic acid groups (broad SMARTS) is 1. The minimum Gasteiger partial charge on any atom is -0.480 e. The van der Waals surface area contributed by atoms with Crippen LogP contribution in [0.2, 0.25) is 0 Å². The Morgan fingerprint density at radius 3 is 2.61 bits per heavy atom. The van der Waals surface area contributed by atoms with E-state index in [0.717, 1.165) is 0 Å². The van der Waals surface area contributed by atoms with Crippen LogP contribution in [0.25, 0.3) is 0 Å². The molecule has 0 unspecified atom stereocenters. The van der Waals surface area contributed by atoms with E-state index in [2.05, 4.69) is 15.6 Å². The zero-order valence-corrected chi connectivity index (χ0v) is 9.12. The van der Waals surface area contributed by atoms with Gasteiger partial charge in [0.25, 0.3) is 0 Å². The van der Waals surface area contributed by atoms with Crippen LogP contribution < -0.4 is 10.6 Å². The van der Waals surface area contributed by atoms with Gasteiger partial charge in [0.05, 0.1) is 12.2 Å². The summed E-state index contributed by atoms with van der Waals surface area (Å²) < 4.78 is 0. The largest absolute Gasteiger partial charge is 0.480 e. The number of carboxylic acids is 1. The summed E-state index contributed by atoms with van der Waals surface area (Å²) in [5.41, 5.74) is 0.422. The molecule has 18 heavy (non-hydrogen) atoms. The van der Waals surface area contributed by atoms with Gasteiger partial charge in [0.15, 0.2) is 6.20 Å². The highest BCUT2D eigenvalue weighted by Gasteiger charge is 2.07. The van der Waals surface area contributed by atoms with Crippen molar-refractivity contribution in [3.8, 4) is 0 Å². The van der Waals surface area contributed by atoms with Crippen molar-refractivity contribution >= 4 is 23.4 Å². The molecule has 0 aliphatic carbocycles. The third kappa shape index (κ3) is 4.43. The van der Waals surface area contributed by atoms with E-state index in [-0.39, 0.29) is 12.4 Å². The van der Waals surface area contributed by atoms with Gasteiger partial charge in [0.1, 0.15) is 6.54 Å². The second-order valence-corrected chi connectivity index (χ2v) is 3.19. The van der Waals surface area contributed by atoms with Gasteiger partial charge in [-0.05, 0) is 16.0 Å². The maximum atomic E-state index is 11.1. The van der Waals surface area contributed by atoms with Crippen LogP contribution in [-0.4, -0.2) is 40.0 Å². The molecule has 1 aromatic rings. The molecule has 0 aromatic carbocycles. The lowest BCUT2D eigenvalue weighted by Crippen LogP contribution is -2.33. The summed E-state index contributed by atoms with van der Waals surface area (Å²) in [5, 5.41) is 23.4. The Morgan fingerprint density at radius 1 is 1.39 bits per heavy atom. The highest BCUT2D eigenvalue weighted by molar-refractivity contribution is 5.84. The summed E-state index contributed by atoms with van der Waals surface area (Å²) in [4.78, 5) is 34.5. The van der Waals surface area contributed by atoms with E-state index in [1.165, 1.54) is 18.3 Å². The summed E-state index contributed by atoms with van der Waals surface area (Å²) in [6.45, 7) is -0.605. The van der Waals surface area contributed by atoms with Crippen molar-refractivity contribution in [2.45, 2.75) is 0 Å². The molecule has 0 aliphatic heterocycles. The number of carbonyl (C=O) groups excluding carboxylic acids is 1. The quantitative estimate of drug-likeness (QED) is 0.464. The van der Waals surface area contributed by atoms with Crippen LogP contribution in [0.3, 0.4) is 0 Å². The Kier molecular flexibility index (Phi) is 4.55. The molecular formula is C9H10N4O5. The standard InChI is InChI=1S/C9H10N4O5/c14-8(12-5-9(15)16)4-10-6-1-2-7(11-3-6)13(17)18/h1-3,10H,4-5H2,(H,12,14)(H,15,16). The van der Waals surface area contributed by atoms with Crippen molar-refractivity contribution in [3.05, 3.63) is 28.4 Å². The van der Waals surface area contributed by atoms with Crippen LogP contribution in [0.15, 0.2) is 18.3 Å². The van der Waals surface area contributed by atoms with Crippen molar-refractivity contribution < 1.29 is 19.6 Å². The summed E-state index contributed by atoms with van der Waals surface area (Å²) in [6.07, 6.45) is 1.21. The highest BCUT2D eigenvalue weighted by Crippen LogP contribution is 2.10. The molecule has 1 heterocycles. The normalized spacial score (nSPS) is 9.56. The lowest BCUT2D eigenvalue weighted by Gasteiger charge is -2.04. The fourth-order valence-corrected chi connectivity index (χ4v) is 1.02. The number of amides is 1. The fourth-order valence-electron chi connectivity index (χ4n) is 1.02. The Labute approximate surface area is 101 Å². The van der Waals surface area contributed by atoms with Gasteiger partial charge >= 0.3 is 11.8 Å². The molecule has 1 amide bonds. The van der Waals surface area contributed by atoms with E-state index in [0.29, 0.717) is 5.69 Å². The van der Waals surface area contributed by atoms with Gasteiger partial charge in [0, 0.05) is 6.07 Å². The van der Waals surface area contributed by atoms with Crippen molar-refractivity contribution in [2.75, 3.05) is 18.4 Å². The molecule has 0 atom stereocenters. The molecule has 0 bridgehead atoms. The van der Waals surface area contributed by atoms with E-state index in [4.69, 9.17) is 5.11 Å². The minimum atomic E-state index is -1.14. The summed E-state index contributed by atoms with van der Waals surface area (Å²) >= 11 is 0. The first kappa shape index (κ1) is 13.4. The van der Waals surface area contributed by atoms with Crippen LogP contribution in [0, 0.1) is 10.1 Å². The molecule has 3 N–H and O–H groups in total. The molecule has 0 fully saturated rings. The summed E-state index contributed by atoms with van der Waals surface area (Å²) in [6, 6.07) is 2.59.